The van der Waals surface area contributed by atoms with Crippen molar-refractivity contribution in [3.05, 3.63) is 35.1 Å². The molecule has 0 radical (unpaired) electrons. The summed E-state index contributed by atoms with van der Waals surface area (Å²) in [5.74, 6) is 0.961. The van der Waals surface area contributed by atoms with Crippen molar-refractivity contribution >= 4 is 11.8 Å². The molecule has 18 heavy (non-hydrogen) atoms. The molecule has 0 spiro atoms. The van der Waals surface area contributed by atoms with Gasteiger partial charge in [-0.25, -0.2) is 4.39 Å². The van der Waals surface area contributed by atoms with E-state index in [4.69, 9.17) is 5.26 Å². The molecule has 4 heteroatoms. The first-order valence-corrected chi connectivity index (χ1v) is 7.55. The van der Waals surface area contributed by atoms with E-state index in [1.54, 1.807) is 6.07 Å². The van der Waals surface area contributed by atoms with Gasteiger partial charge >= 0.3 is 0 Å². The van der Waals surface area contributed by atoms with E-state index in [-0.39, 0.29) is 5.82 Å². The van der Waals surface area contributed by atoms with Crippen LogP contribution in [0.4, 0.5) is 4.39 Å². The monoisotopic (exact) mass is 266 g/mol. The van der Waals surface area contributed by atoms with E-state index in [9.17, 15) is 4.39 Å². The molecule has 1 aromatic rings. The number of rotatable bonds is 8. The highest BCUT2D eigenvalue weighted by atomic mass is 32.2. The van der Waals surface area contributed by atoms with Crippen LogP contribution in [0.5, 0.6) is 0 Å². The van der Waals surface area contributed by atoms with E-state index in [1.165, 1.54) is 30.7 Å². The second-order valence-corrected chi connectivity index (χ2v) is 5.13. The molecule has 1 aromatic carbocycles. The lowest BCUT2D eigenvalue weighted by Crippen LogP contribution is -2.15. The Bertz CT molecular complexity index is 401. The van der Waals surface area contributed by atoms with Gasteiger partial charge in [-0.05, 0) is 49.6 Å². The Kier molecular flexibility index (Phi) is 7.47. The van der Waals surface area contributed by atoms with Crippen molar-refractivity contribution in [1.29, 1.82) is 5.26 Å². The van der Waals surface area contributed by atoms with Crippen LogP contribution in [0.2, 0.25) is 0 Å². The molecule has 1 rings (SSSR count). The Hall–Kier alpha value is -1.05. The van der Waals surface area contributed by atoms with Gasteiger partial charge in [0.05, 0.1) is 11.6 Å². The molecule has 2 nitrogen and oxygen atoms in total. The molecule has 0 aliphatic rings. The number of unbranched alkanes of at least 4 members (excludes halogenated alkanes) is 2. The van der Waals surface area contributed by atoms with Crippen molar-refractivity contribution in [2.45, 2.75) is 25.8 Å². The minimum Gasteiger partial charge on any atom is -0.313 e. The first-order chi connectivity index (χ1) is 8.77. The van der Waals surface area contributed by atoms with E-state index >= 15 is 0 Å². The largest absolute Gasteiger partial charge is 0.313 e. The molecule has 0 bridgehead atoms. The Morgan fingerprint density at radius 1 is 1.33 bits per heavy atom. The van der Waals surface area contributed by atoms with Crippen LogP contribution in [0.1, 0.15) is 30.4 Å². The normalized spacial score (nSPS) is 10.3. The highest BCUT2D eigenvalue weighted by Gasteiger charge is 2.02. The van der Waals surface area contributed by atoms with E-state index < -0.39 is 0 Å². The van der Waals surface area contributed by atoms with Gasteiger partial charge in [-0.1, -0.05) is 6.42 Å². The van der Waals surface area contributed by atoms with Crippen LogP contribution in [-0.4, -0.2) is 18.6 Å². The first kappa shape index (κ1) is 15.0. The van der Waals surface area contributed by atoms with Crippen molar-refractivity contribution in [2.24, 2.45) is 0 Å². The molecule has 0 amide bonds. The summed E-state index contributed by atoms with van der Waals surface area (Å²) in [5.41, 5.74) is 1.08. The Labute approximate surface area is 113 Å². The molecule has 0 aliphatic carbocycles. The van der Waals surface area contributed by atoms with Gasteiger partial charge in [-0.2, -0.15) is 17.0 Å². The molecule has 0 atom stereocenters. The minimum atomic E-state index is -0.246. The quantitative estimate of drug-likeness (QED) is 0.733. The lowest BCUT2D eigenvalue weighted by molar-refractivity contribution is 0.574. The van der Waals surface area contributed by atoms with Crippen molar-refractivity contribution < 1.29 is 4.39 Å². The average Bonchev–Trinajstić information content (AvgIpc) is 2.39. The van der Waals surface area contributed by atoms with Gasteiger partial charge in [0.25, 0.3) is 0 Å². The van der Waals surface area contributed by atoms with Crippen molar-refractivity contribution in [2.75, 3.05) is 18.6 Å². The van der Waals surface area contributed by atoms with Gasteiger partial charge in [0.15, 0.2) is 0 Å². The Balaban J connectivity index is 2.25. The zero-order chi connectivity index (χ0) is 13.2. The van der Waals surface area contributed by atoms with E-state index in [0.29, 0.717) is 17.7 Å². The highest BCUT2D eigenvalue weighted by molar-refractivity contribution is 7.98. The number of benzene rings is 1. The standard InChI is InChI=1S/C14H19FN2S/c1-18-8-4-2-3-7-17-11-13-9-12(10-16)5-6-14(13)15/h5-6,9,17H,2-4,7-8,11H2,1H3. The van der Waals surface area contributed by atoms with E-state index in [1.807, 2.05) is 17.8 Å². The minimum absolute atomic E-state index is 0.246. The molecule has 0 unspecified atom stereocenters. The zero-order valence-electron chi connectivity index (χ0n) is 10.7. The number of thioether (sulfide) groups is 1. The predicted molar refractivity (Wildman–Crippen MR) is 75.1 cm³/mol. The fraction of sp³-hybridized carbons (Fsp3) is 0.500. The van der Waals surface area contributed by atoms with Crippen LogP contribution in [0.25, 0.3) is 0 Å². The number of nitrogens with one attached hydrogen (secondary N) is 1. The van der Waals surface area contributed by atoms with Crippen LogP contribution in [0, 0.1) is 17.1 Å². The second kappa shape index (κ2) is 8.96. The van der Waals surface area contributed by atoms with Crippen LogP contribution < -0.4 is 5.32 Å². The third kappa shape index (κ3) is 5.52. The highest BCUT2D eigenvalue weighted by Crippen LogP contribution is 2.10. The van der Waals surface area contributed by atoms with Crippen LogP contribution in [0.15, 0.2) is 18.2 Å². The predicted octanol–water partition coefficient (Wildman–Crippen LogP) is 3.32. The van der Waals surface area contributed by atoms with Crippen molar-refractivity contribution in [3.8, 4) is 6.07 Å². The van der Waals surface area contributed by atoms with Crippen molar-refractivity contribution in [3.63, 3.8) is 0 Å². The molecule has 0 saturated heterocycles. The number of hydrogen-bond donors (Lipinski definition) is 1. The summed E-state index contributed by atoms with van der Waals surface area (Å²) in [5, 5.41) is 12.0. The summed E-state index contributed by atoms with van der Waals surface area (Å²) in [6, 6.07) is 6.49. The summed E-state index contributed by atoms with van der Waals surface area (Å²) >= 11 is 1.87. The lowest BCUT2D eigenvalue weighted by Gasteiger charge is -2.06. The van der Waals surface area contributed by atoms with Gasteiger partial charge < -0.3 is 5.32 Å². The molecule has 0 saturated carbocycles. The second-order valence-electron chi connectivity index (χ2n) is 4.15. The Morgan fingerprint density at radius 2 is 2.17 bits per heavy atom. The first-order valence-electron chi connectivity index (χ1n) is 6.16. The molecule has 0 aromatic heterocycles. The van der Waals surface area contributed by atoms with Crippen molar-refractivity contribution in [1.82, 2.24) is 5.32 Å². The summed E-state index contributed by atoms with van der Waals surface area (Å²) in [6.45, 7) is 1.38. The maximum absolute atomic E-state index is 13.4. The average molecular weight is 266 g/mol. The topological polar surface area (TPSA) is 35.8 Å². The number of nitrogens with zero attached hydrogens (tertiary/aromatic N) is 1. The van der Waals surface area contributed by atoms with Crippen LogP contribution >= 0.6 is 11.8 Å². The summed E-state index contributed by atoms with van der Waals surface area (Å²) < 4.78 is 13.4. The van der Waals surface area contributed by atoms with Gasteiger partial charge in [0.1, 0.15) is 5.82 Å². The van der Waals surface area contributed by atoms with Gasteiger partial charge in [0, 0.05) is 12.1 Å². The van der Waals surface area contributed by atoms with Crippen LogP contribution in [-0.2, 0) is 6.54 Å². The van der Waals surface area contributed by atoms with E-state index in [2.05, 4.69) is 11.6 Å². The number of hydrogen-bond acceptors (Lipinski definition) is 3. The maximum atomic E-state index is 13.4. The SMILES string of the molecule is CSCCCCCNCc1cc(C#N)ccc1F. The lowest BCUT2D eigenvalue weighted by atomic mass is 10.1. The molecule has 0 fully saturated rings. The molecule has 0 heterocycles. The third-order valence-corrected chi connectivity index (χ3v) is 3.39. The molecule has 98 valence electrons. The van der Waals surface area contributed by atoms with Gasteiger partial charge in [-0.15, -0.1) is 0 Å². The molecular weight excluding hydrogens is 247 g/mol. The van der Waals surface area contributed by atoms with Gasteiger partial charge in [0.2, 0.25) is 0 Å². The fourth-order valence-corrected chi connectivity index (χ4v) is 2.17. The zero-order valence-corrected chi connectivity index (χ0v) is 11.5. The summed E-state index contributed by atoms with van der Waals surface area (Å²) in [6.07, 6.45) is 5.67. The smallest absolute Gasteiger partial charge is 0.127 e. The fourth-order valence-electron chi connectivity index (χ4n) is 1.68. The molecule has 0 aliphatic heterocycles. The number of halogens is 1. The summed E-state index contributed by atoms with van der Waals surface area (Å²) in [7, 11) is 0. The maximum Gasteiger partial charge on any atom is 0.127 e. The van der Waals surface area contributed by atoms with Gasteiger partial charge in [-0.3, -0.25) is 0 Å². The molecule has 1 N–H and O–H groups in total. The molecular formula is C14H19FN2S. The van der Waals surface area contributed by atoms with Crippen LogP contribution in [0.3, 0.4) is 0 Å². The third-order valence-electron chi connectivity index (χ3n) is 2.69. The Morgan fingerprint density at radius 3 is 2.89 bits per heavy atom. The number of nitriles is 1. The van der Waals surface area contributed by atoms with E-state index in [0.717, 1.165) is 13.0 Å². The summed E-state index contributed by atoms with van der Waals surface area (Å²) in [4.78, 5) is 0.